The molecular formula is C27H31N5S2. The van der Waals surface area contributed by atoms with E-state index < -0.39 is 0 Å². The summed E-state index contributed by atoms with van der Waals surface area (Å²) in [6.07, 6.45) is 10.6. The molecule has 3 N–H and O–H groups in total. The van der Waals surface area contributed by atoms with Gasteiger partial charge < -0.3 is 15.0 Å². The lowest BCUT2D eigenvalue weighted by atomic mass is 9.66. The number of imidazole rings is 1. The Balaban J connectivity index is 1.28. The maximum absolute atomic E-state index is 5.96. The van der Waals surface area contributed by atoms with Crippen LogP contribution in [0.2, 0.25) is 0 Å². The van der Waals surface area contributed by atoms with Crippen LogP contribution < -0.4 is 15.4 Å². The fourth-order valence-electron chi connectivity index (χ4n) is 5.32. The third-order valence-electron chi connectivity index (χ3n) is 6.99. The quantitative estimate of drug-likeness (QED) is 0.182. The van der Waals surface area contributed by atoms with Crippen molar-refractivity contribution in [2.75, 3.05) is 20.1 Å². The van der Waals surface area contributed by atoms with Crippen molar-refractivity contribution >= 4 is 45.6 Å². The molecule has 0 bridgehead atoms. The average molecular weight is 490 g/mol. The number of nitrogens with one attached hydrogen (secondary N) is 3. The van der Waals surface area contributed by atoms with Crippen LogP contribution in [0.15, 0.2) is 78.1 Å². The first kappa shape index (κ1) is 23.3. The summed E-state index contributed by atoms with van der Waals surface area (Å²) in [7, 11) is 1.95. The molecule has 4 aromatic rings. The van der Waals surface area contributed by atoms with Crippen LogP contribution in [0.25, 0.3) is 16.4 Å². The number of hydrogen-bond acceptors (Lipinski definition) is 5. The van der Waals surface area contributed by atoms with E-state index in [-0.39, 0.29) is 11.5 Å². The Morgan fingerprint density at radius 1 is 1.12 bits per heavy atom. The number of thiocarbonyl (C=S) groups is 1. The van der Waals surface area contributed by atoms with Gasteiger partial charge in [0.15, 0.2) is 0 Å². The second-order valence-electron chi connectivity index (χ2n) is 8.89. The van der Waals surface area contributed by atoms with E-state index in [1.807, 2.05) is 19.4 Å². The number of aromatic nitrogens is 2. The zero-order chi connectivity index (χ0) is 23.4. The summed E-state index contributed by atoms with van der Waals surface area (Å²) in [6.45, 7) is 1.75. The summed E-state index contributed by atoms with van der Waals surface area (Å²) < 4.78 is 5.66. The Kier molecular flexibility index (Phi) is 7.15. The van der Waals surface area contributed by atoms with Crippen LogP contribution in [0, 0.1) is 0 Å². The maximum Gasteiger partial charge on any atom is 0.136 e. The molecule has 5 rings (SSSR count). The summed E-state index contributed by atoms with van der Waals surface area (Å²) >= 11 is 7.67. The standard InChI is InChI=1S/C27H31N5S2/c1-28-26(33)27(21-12-13-25-30-17-18-32(25)19-21)14-5-4-11-24(27)29-15-16-31-34-23-10-6-8-20-7-2-3-9-22(20)23/h2-3,6-10,12-13,17-19,24,29,31H,4-5,11,14-16H2,1H3,(H,28,33)/t24?,27-/m0/s1. The van der Waals surface area contributed by atoms with Gasteiger partial charge in [-0.25, -0.2) is 4.98 Å². The Labute approximate surface area is 210 Å². The number of pyridine rings is 1. The highest BCUT2D eigenvalue weighted by atomic mass is 32.2. The van der Waals surface area contributed by atoms with Gasteiger partial charge in [0.2, 0.25) is 0 Å². The predicted molar refractivity (Wildman–Crippen MR) is 147 cm³/mol. The average Bonchev–Trinajstić information content (AvgIpc) is 3.36. The third kappa shape index (κ3) is 4.45. The van der Waals surface area contributed by atoms with Gasteiger partial charge in [-0.05, 0) is 53.3 Å². The molecule has 1 fully saturated rings. The molecule has 0 aliphatic heterocycles. The minimum Gasteiger partial charge on any atom is -0.382 e. The van der Waals surface area contributed by atoms with Gasteiger partial charge in [-0.2, -0.15) is 0 Å². The fourth-order valence-corrected chi connectivity index (χ4v) is 6.48. The number of nitrogens with zero attached hydrogens (tertiary/aromatic N) is 2. The maximum atomic E-state index is 5.96. The Morgan fingerprint density at radius 3 is 2.91 bits per heavy atom. The first-order valence-corrected chi connectivity index (χ1v) is 13.2. The van der Waals surface area contributed by atoms with Crippen LogP contribution in [0.3, 0.4) is 0 Å². The van der Waals surface area contributed by atoms with Crippen molar-refractivity contribution in [2.24, 2.45) is 0 Å². The summed E-state index contributed by atoms with van der Waals surface area (Å²) in [6, 6.07) is 19.6. The normalized spacial score (nSPS) is 20.6. The second-order valence-corrected chi connectivity index (χ2v) is 10.2. The highest BCUT2D eigenvalue weighted by Gasteiger charge is 2.45. The number of rotatable bonds is 8. The molecule has 2 aromatic heterocycles. The van der Waals surface area contributed by atoms with Gasteiger partial charge in [0, 0.05) is 49.7 Å². The van der Waals surface area contributed by atoms with Gasteiger partial charge in [0.1, 0.15) is 5.65 Å². The lowest BCUT2D eigenvalue weighted by Crippen LogP contribution is -2.58. The molecule has 5 nitrogen and oxygen atoms in total. The molecule has 1 aliphatic rings. The van der Waals surface area contributed by atoms with Gasteiger partial charge in [-0.3, -0.25) is 4.72 Å². The molecule has 7 heteroatoms. The molecule has 176 valence electrons. The largest absolute Gasteiger partial charge is 0.382 e. The SMILES string of the molecule is CNC(=S)[C@]1(c2ccc3nccn3c2)CCCCC1NCCNSc1cccc2ccccc12. The Bertz CT molecular complexity index is 1280. The lowest BCUT2D eigenvalue weighted by Gasteiger charge is -2.45. The van der Waals surface area contributed by atoms with E-state index in [4.69, 9.17) is 12.2 Å². The van der Waals surface area contributed by atoms with E-state index in [1.54, 1.807) is 11.9 Å². The molecule has 1 saturated carbocycles. The van der Waals surface area contributed by atoms with Gasteiger partial charge in [0.05, 0.1) is 10.4 Å². The number of fused-ring (bicyclic) bond motifs is 2. The van der Waals surface area contributed by atoms with Gasteiger partial charge in [0.25, 0.3) is 0 Å². The molecule has 1 aliphatic carbocycles. The van der Waals surface area contributed by atoms with E-state index in [0.29, 0.717) is 0 Å². The van der Waals surface area contributed by atoms with Crippen LogP contribution in [0.5, 0.6) is 0 Å². The zero-order valence-corrected chi connectivity index (χ0v) is 21.1. The van der Waals surface area contributed by atoms with Crippen molar-refractivity contribution < 1.29 is 0 Å². The first-order valence-electron chi connectivity index (χ1n) is 12.0. The number of benzene rings is 2. The van der Waals surface area contributed by atoms with Gasteiger partial charge >= 0.3 is 0 Å². The Morgan fingerprint density at radius 2 is 2.00 bits per heavy atom. The minimum absolute atomic E-state index is 0.219. The van der Waals surface area contributed by atoms with Crippen LogP contribution in [-0.2, 0) is 5.41 Å². The molecule has 34 heavy (non-hydrogen) atoms. The number of likely N-dealkylation sites (N-methyl/N-ethyl adjacent to an activating group) is 1. The third-order valence-corrected chi connectivity index (χ3v) is 8.49. The zero-order valence-electron chi connectivity index (χ0n) is 19.5. The fraction of sp³-hybridized carbons (Fsp3) is 0.333. The molecular weight excluding hydrogens is 458 g/mol. The van der Waals surface area contributed by atoms with E-state index in [0.717, 1.165) is 36.6 Å². The molecule has 2 atom stereocenters. The van der Waals surface area contributed by atoms with Crippen molar-refractivity contribution in [1.29, 1.82) is 0 Å². The summed E-state index contributed by atoms with van der Waals surface area (Å²) in [5.41, 5.74) is 2.00. The monoisotopic (exact) mass is 489 g/mol. The second kappa shape index (κ2) is 10.4. The molecule has 0 saturated heterocycles. The summed E-state index contributed by atoms with van der Waals surface area (Å²) in [5.74, 6) is 0. The minimum atomic E-state index is -0.219. The van der Waals surface area contributed by atoms with E-state index in [2.05, 4.69) is 85.5 Å². The smallest absolute Gasteiger partial charge is 0.136 e. The van der Waals surface area contributed by atoms with Gasteiger partial charge in [-0.1, -0.05) is 67.5 Å². The molecule has 0 amide bonds. The van der Waals surface area contributed by atoms with Crippen LogP contribution in [0.1, 0.15) is 31.2 Å². The summed E-state index contributed by atoms with van der Waals surface area (Å²) in [4.78, 5) is 6.59. The van der Waals surface area contributed by atoms with Crippen molar-refractivity contribution in [3.05, 3.63) is 78.8 Å². The van der Waals surface area contributed by atoms with Crippen molar-refractivity contribution in [1.82, 2.24) is 24.7 Å². The Hall–Kier alpha value is -2.45. The van der Waals surface area contributed by atoms with Crippen LogP contribution in [-0.4, -0.2) is 40.6 Å². The molecule has 2 aromatic carbocycles. The summed E-state index contributed by atoms with van der Waals surface area (Å²) in [5, 5.41) is 9.76. The van der Waals surface area contributed by atoms with Crippen LogP contribution in [0.4, 0.5) is 0 Å². The molecule has 0 spiro atoms. The van der Waals surface area contributed by atoms with Crippen molar-refractivity contribution in [2.45, 2.75) is 42.0 Å². The molecule has 2 heterocycles. The van der Waals surface area contributed by atoms with Crippen LogP contribution >= 0.6 is 24.2 Å². The molecule has 0 radical (unpaired) electrons. The van der Waals surface area contributed by atoms with Gasteiger partial charge in [-0.15, -0.1) is 0 Å². The molecule has 1 unspecified atom stereocenters. The highest BCUT2D eigenvalue weighted by Crippen LogP contribution is 2.41. The topological polar surface area (TPSA) is 53.4 Å². The first-order chi connectivity index (χ1) is 16.7. The van der Waals surface area contributed by atoms with E-state index >= 15 is 0 Å². The van der Waals surface area contributed by atoms with Crippen molar-refractivity contribution in [3.63, 3.8) is 0 Å². The van der Waals surface area contributed by atoms with E-state index in [1.165, 1.54) is 34.1 Å². The van der Waals surface area contributed by atoms with E-state index in [9.17, 15) is 0 Å². The van der Waals surface area contributed by atoms with Crippen molar-refractivity contribution in [3.8, 4) is 0 Å². The lowest BCUT2D eigenvalue weighted by molar-refractivity contribution is 0.277. The number of hydrogen-bond donors (Lipinski definition) is 3. The highest BCUT2D eigenvalue weighted by molar-refractivity contribution is 7.97. The predicted octanol–water partition coefficient (Wildman–Crippen LogP) is 5.10.